The molecule has 0 aromatic heterocycles. The van der Waals surface area contributed by atoms with Crippen molar-refractivity contribution in [2.24, 2.45) is 16.7 Å². The first-order valence-electron chi connectivity index (χ1n) is 7.11. The van der Waals surface area contributed by atoms with Gasteiger partial charge in [-0.1, -0.05) is 65.0 Å². The molecule has 2 aliphatic heterocycles. The number of thioether (sulfide) groups is 2. The fraction of sp³-hybridized carbons (Fsp3) is 0.812. The molecule has 0 aromatic carbocycles. The van der Waals surface area contributed by atoms with Gasteiger partial charge in [0, 0.05) is 28.6 Å². The predicted octanol–water partition coefficient (Wildman–Crippen LogP) is 4.77. The van der Waals surface area contributed by atoms with E-state index in [1.54, 1.807) is 11.8 Å². The van der Waals surface area contributed by atoms with Crippen LogP contribution in [-0.2, 0) is 4.79 Å². The van der Waals surface area contributed by atoms with Gasteiger partial charge in [-0.15, -0.1) is 11.8 Å². The van der Waals surface area contributed by atoms with E-state index >= 15 is 0 Å². The highest BCUT2D eigenvalue weighted by Gasteiger charge is 2.44. The highest BCUT2D eigenvalue weighted by Crippen LogP contribution is 2.50. The molecule has 1 saturated heterocycles. The van der Waals surface area contributed by atoms with Gasteiger partial charge >= 0.3 is 0 Å². The van der Waals surface area contributed by atoms with Crippen LogP contribution >= 0.6 is 23.5 Å². The second-order valence-electron chi connectivity index (χ2n) is 7.93. The van der Waals surface area contributed by atoms with Gasteiger partial charge in [-0.25, -0.2) is 0 Å². The molecular formula is C16H26OS2. The molecule has 0 saturated carbocycles. The molecule has 2 aliphatic rings. The van der Waals surface area contributed by atoms with Crippen molar-refractivity contribution in [1.82, 2.24) is 0 Å². The zero-order valence-electron chi connectivity index (χ0n) is 12.9. The number of hydrogen-bond acceptors (Lipinski definition) is 3. The zero-order chi connectivity index (χ0) is 14.4. The van der Waals surface area contributed by atoms with Crippen LogP contribution in [0.5, 0.6) is 0 Å². The summed E-state index contributed by atoms with van der Waals surface area (Å²) in [5.41, 5.74) is 2.05. The van der Waals surface area contributed by atoms with E-state index in [1.165, 1.54) is 5.57 Å². The van der Waals surface area contributed by atoms with Crippen molar-refractivity contribution in [3.63, 3.8) is 0 Å². The highest BCUT2D eigenvalue weighted by molar-refractivity contribution is 8.14. The summed E-state index contributed by atoms with van der Waals surface area (Å²) in [7, 11) is 0. The molecule has 0 N–H and O–H groups in total. The molecule has 1 nitrogen and oxygen atoms in total. The Morgan fingerprint density at radius 2 is 1.74 bits per heavy atom. The van der Waals surface area contributed by atoms with Crippen LogP contribution in [0.1, 0.15) is 48.0 Å². The van der Waals surface area contributed by atoms with Crippen molar-refractivity contribution in [1.29, 1.82) is 0 Å². The van der Waals surface area contributed by atoms with Crippen molar-refractivity contribution in [2.45, 2.75) is 58.5 Å². The SMILES string of the molecule is CC(C)(C)[C@@H]1C=C([C@H]2CC(=O)S[C@@H]2C(C)(C)C)CS1. The second-order valence-corrected chi connectivity index (χ2v) is 10.3. The molecule has 0 aliphatic carbocycles. The van der Waals surface area contributed by atoms with E-state index < -0.39 is 0 Å². The van der Waals surface area contributed by atoms with Gasteiger partial charge in [-0.05, 0) is 10.8 Å². The van der Waals surface area contributed by atoms with Crippen LogP contribution in [0, 0.1) is 16.7 Å². The fourth-order valence-corrected chi connectivity index (χ4v) is 5.67. The van der Waals surface area contributed by atoms with Crippen LogP contribution in [0.3, 0.4) is 0 Å². The van der Waals surface area contributed by atoms with Crippen LogP contribution in [0.15, 0.2) is 11.6 Å². The van der Waals surface area contributed by atoms with Gasteiger partial charge in [-0.2, -0.15) is 0 Å². The molecule has 0 bridgehead atoms. The molecule has 108 valence electrons. The third-order valence-corrected chi connectivity index (χ3v) is 7.41. The molecule has 0 unspecified atom stereocenters. The smallest absolute Gasteiger partial charge is 0.189 e. The Balaban J connectivity index is 2.20. The van der Waals surface area contributed by atoms with Gasteiger partial charge < -0.3 is 0 Å². The molecule has 19 heavy (non-hydrogen) atoms. The molecule has 0 aromatic rings. The summed E-state index contributed by atoms with van der Waals surface area (Å²) in [6, 6.07) is 0. The lowest BCUT2D eigenvalue weighted by molar-refractivity contribution is -0.110. The molecule has 3 heteroatoms. The second kappa shape index (κ2) is 5.14. The number of rotatable bonds is 1. The van der Waals surface area contributed by atoms with Gasteiger partial charge in [0.15, 0.2) is 5.12 Å². The van der Waals surface area contributed by atoms with E-state index in [1.807, 2.05) is 11.8 Å². The fourth-order valence-electron chi connectivity index (χ4n) is 2.87. The van der Waals surface area contributed by atoms with Crippen LogP contribution < -0.4 is 0 Å². The average molecular weight is 299 g/mol. The van der Waals surface area contributed by atoms with Gasteiger partial charge in [0.25, 0.3) is 0 Å². The maximum Gasteiger partial charge on any atom is 0.189 e. The lowest BCUT2D eigenvalue weighted by Gasteiger charge is -2.31. The number of carbonyl (C=O) groups excluding carboxylic acids is 1. The Bertz CT molecular complexity index is 398. The summed E-state index contributed by atoms with van der Waals surface area (Å²) >= 11 is 3.63. The maximum atomic E-state index is 11.9. The summed E-state index contributed by atoms with van der Waals surface area (Å²) in [5, 5.41) is 1.43. The number of hydrogen-bond donors (Lipinski definition) is 0. The summed E-state index contributed by atoms with van der Waals surface area (Å²) in [4.78, 5) is 11.9. The Morgan fingerprint density at radius 1 is 1.11 bits per heavy atom. The summed E-state index contributed by atoms with van der Waals surface area (Å²) in [5.74, 6) is 1.59. The van der Waals surface area contributed by atoms with E-state index in [0.717, 1.165) is 12.2 Å². The van der Waals surface area contributed by atoms with Crippen LogP contribution in [0.4, 0.5) is 0 Å². The van der Waals surface area contributed by atoms with E-state index in [0.29, 0.717) is 26.9 Å². The Hall–Kier alpha value is 0.110. The quantitative estimate of drug-likeness (QED) is 0.649. The molecule has 0 spiro atoms. The predicted molar refractivity (Wildman–Crippen MR) is 87.7 cm³/mol. The van der Waals surface area contributed by atoms with Crippen LogP contribution in [0.25, 0.3) is 0 Å². The Labute approximate surface area is 126 Å². The number of carbonyl (C=O) groups is 1. The van der Waals surface area contributed by atoms with Crippen molar-refractivity contribution < 1.29 is 4.79 Å². The Kier molecular flexibility index (Phi) is 4.19. The van der Waals surface area contributed by atoms with E-state index in [9.17, 15) is 4.79 Å². The van der Waals surface area contributed by atoms with Gasteiger partial charge in [0.2, 0.25) is 0 Å². The summed E-state index contributed by atoms with van der Waals surface area (Å²) in [6.07, 6.45) is 3.21. The molecular weight excluding hydrogens is 272 g/mol. The highest BCUT2D eigenvalue weighted by atomic mass is 32.2. The van der Waals surface area contributed by atoms with E-state index in [2.05, 4.69) is 47.6 Å². The summed E-state index contributed by atoms with van der Waals surface area (Å²) < 4.78 is 0. The zero-order valence-corrected chi connectivity index (χ0v) is 14.6. The molecule has 1 fully saturated rings. The normalized spacial score (nSPS) is 32.8. The van der Waals surface area contributed by atoms with Crippen molar-refractivity contribution in [2.75, 3.05) is 5.75 Å². The molecule has 3 atom stereocenters. The van der Waals surface area contributed by atoms with E-state index in [-0.39, 0.29) is 5.41 Å². The minimum Gasteiger partial charge on any atom is -0.287 e. The Morgan fingerprint density at radius 3 is 2.21 bits per heavy atom. The maximum absolute atomic E-state index is 11.9. The van der Waals surface area contributed by atoms with Gasteiger partial charge in [-0.3, -0.25) is 4.79 Å². The third kappa shape index (κ3) is 3.41. The van der Waals surface area contributed by atoms with Crippen LogP contribution in [0.2, 0.25) is 0 Å². The minimum atomic E-state index is 0.201. The molecule has 2 heterocycles. The largest absolute Gasteiger partial charge is 0.287 e. The lowest BCUT2D eigenvalue weighted by atomic mass is 9.79. The van der Waals surface area contributed by atoms with Crippen molar-refractivity contribution in [3.05, 3.63) is 11.6 Å². The topological polar surface area (TPSA) is 17.1 Å². The minimum absolute atomic E-state index is 0.201. The van der Waals surface area contributed by atoms with Crippen molar-refractivity contribution in [3.8, 4) is 0 Å². The first kappa shape index (κ1) is 15.5. The van der Waals surface area contributed by atoms with Crippen LogP contribution in [-0.4, -0.2) is 21.4 Å². The first-order chi connectivity index (χ1) is 8.59. The standard InChI is InChI=1S/C16H26OS2/c1-15(2,3)12-7-10(9-18-12)11-8-13(17)19-14(11)16(4,5)6/h7,11-12,14H,8-9H2,1-6H3/t11-,12+,14+/m1/s1. The average Bonchev–Trinajstić information content (AvgIpc) is 2.79. The lowest BCUT2D eigenvalue weighted by Crippen LogP contribution is -2.29. The molecule has 2 rings (SSSR count). The monoisotopic (exact) mass is 298 g/mol. The van der Waals surface area contributed by atoms with Crippen molar-refractivity contribution >= 4 is 28.6 Å². The third-order valence-electron chi connectivity index (χ3n) is 3.99. The summed E-state index contributed by atoms with van der Waals surface area (Å²) in [6.45, 7) is 13.7. The molecule has 0 radical (unpaired) electrons. The molecule has 0 amide bonds. The van der Waals surface area contributed by atoms with E-state index in [4.69, 9.17) is 0 Å². The first-order valence-corrected chi connectivity index (χ1v) is 9.03. The van der Waals surface area contributed by atoms with Gasteiger partial charge in [0.05, 0.1) is 0 Å². The van der Waals surface area contributed by atoms with Gasteiger partial charge in [0.1, 0.15) is 0 Å².